The fourth-order valence-electron chi connectivity index (χ4n) is 2.50. The molecule has 0 bridgehead atoms. The van der Waals surface area contributed by atoms with Gasteiger partial charge in [0.05, 0.1) is 7.11 Å². The van der Waals surface area contributed by atoms with Gasteiger partial charge in [0.25, 0.3) is 0 Å². The van der Waals surface area contributed by atoms with Crippen molar-refractivity contribution in [3.8, 4) is 11.5 Å². The molecule has 0 aromatic heterocycles. The quantitative estimate of drug-likeness (QED) is 0.623. The van der Waals surface area contributed by atoms with Crippen molar-refractivity contribution in [2.45, 2.75) is 6.92 Å². The van der Waals surface area contributed by atoms with Crippen LogP contribution in [0, 0.1) is 6.92 Å². The molecule has 1 heterocycles. The van der Waals surface area contributed by atoms with Crippen LogP contribution in [0.1, 0.15) is 16.7 Å². The lowest BCUT2D eigenvalue weighted by atomic mass is 10.1. The van der Waals surface area contributed by atoms with Gasteiger partial charge in [0.1, 0.15) is 0 Å². The molecule has 0 saturated heterocycles. The number of carbonyl (C=O) groups is 2. The molecule has 3 rings (SSSR count). The maximum absolute atomic E-state index is 12.1. The second-order valence-electron chi connectivity index (χ2n) is 5.80. The number of nitrogens with zero attached hydrogens (tertiary/aromatic N) is 1. The first-order valence-corrected chi connectivity index (χ1v) is 8.08. The maximum atomic E-state index is 12.1. The van der Waals surface area contributed by atoms with E-state index in [1.54, 1.807) is 24.3 Å². The molecule has 0 aliphatic carbocycles. The predicted molar refractivity (Wildman–Crippen MR) is 97.9 cm³/mol. The predicted octanol–water partition coefficient (Wildman–Crippen LogP) is 2.81. The summed E-state index contributed by atoms with van der Waals surface area (Å²) in [6.45, 7) is 1.46. The van der Waals surface area contributed by atoms with Crippen molar-refractivity contribution in [2.24, 2.45) is 4.99 Å². The molecule has 138 valence electrons. The second-order valence-corrected chi connectivity index (χ2v) is 5.80. The van der Waals surface area contributed by atoms with E-state index < -0.39 is 18.5 Å². The number of carbonyl (C=O) groups excluding carboxylic acids is 1. The largest absolute Gasteiger partial charge is 0.493 e. The van der Waals surface area contributed by atoms with Crippen molar-refractivity contribution in [1.29, 1.82) is 0 Å². The number of rotatable bonds is 6. The first-order valence-electron chi connectivity index (χ1n) is 8.08. The number of esters is 1. The number of hydrogen-bond acceptors (Lipinski definition) is 6. The summed E-state index contributed by atoms with van der Waals surface area (Å²) in [7, 11) is 1.44. The Kier molecular flexibility index (Phi) is 5.21. The van der Waals surface area contributed by atoms with Gasteiger partial charge in [-0.1, -0.05) is 23.8 Å². The van der Waals surface area contributed by atoms with Gasteiger partial charge in [-0.05, 0) is 42.8 Å². The highest BCUT2D eigenvalue weighted by molar-refractivity contribution is 6.12. The Morgan fingerprint density at radius 1 is 1.22 bits per heavy atom. The fraction of sp³-hybridized carbons (Fsp3) is 0.150. The molecule has 1 N–H and O–H groups in total. The van der Waals surface area contributed by atoms with Crippen LogP contribution in [-0.2, 0) is 14.3 Å². The molecule has 0 amide bonds. The summed E-state index contributed by atoms with van der Waals surface area (Å²) in [4.78, 5) is 27.0. The number of hydrogen-bond donors (Lipinski definition) is 1. The van der Waals surface area contributed by atoms with Crippen LogP contribution in [0.4, 0.5) is 0 Å². The van der Waals surface area contributed by atoms with Crippen molar-refractivity contribution >= 4 is 23.9 Å². The van der Waals surface area contributed by atoms with Gasteiger partial charge in [0, 0.05) is 5.56 Å². The van der Waals surface area contributed by atoms with Gasteiger partial charge >= 0.3 is 11.9 Å². The third kappa shape index (κ3) is 4.33. The zero-order valence-corrected chi connectivity index (χ0v) is 14.8. The van der Waals surface area contributed by atoms with Gasteiger partial charge in [-0.15, -0.1) is 0 Å². The fourth-order valence-corrected chi connectivity index (χ4v) is 2.50. The van der Waals surface area contributed by atoms with Crippen LogP contribution < -0.4 is 9.47 Å². The highest BCUT2D eigenvalue weighted by Gasteiger charge is 2.24. The lowest BCUT2D eigenvalue weighted by Crippen LogP contribution is -2.10. The van der Waals surface area contributed by atoms with Crippen LogP contribution in [0.5, 0.6) is 11.5 Å². The van der Waals surface area contributed by atoms with Gasteiger partial charge in [-0.25, -0.2) is 14.6 Å². The summed E-state index contributed by atoms with van der Waals surface area (Å²) >= 11 is 0. The summed E-state index contributed by atoms with van der Waals surface area (Å²) in [5.41, 5.74) is 2.55. The lowest BCUT2D eigenvalue weighted by Gasteiger charge is -2.09. The van der Waals surface area contributed by atoms with Crippen LogP contribution in [0.15, 0.2) is 53.2 Å². The Balaban J connectivity index is 1.87. The molecule has 0 radical (unpaired) electrons. The van der Waals surface area contributed by atoms with Crippen LogP contribution in [0.25, 0.3) is 6.08 Å². The molecule has 0 fully saturated rings. The van der Waals surface area contributed by atoms with E-state index in [9.17, 15) is 9.59 Å². The zero-order valence-electron chi connectivity index (χ0n) is 14.8. The van der Waals surface area contributed by atoms with Gasteiger partial charge < -0.3 is 19.3 Å². The van der Waals surface area contributed by atoms with Gasteiger partial charge in [-0.2, -0.15) is 0 Å². The number of aryl methyl sites for hydroxylation is 1. The van der Waals surface area contributed by atoms with Crippen molar-refractivity contribution in [3.63, 3.8) is 0 Å². The third-order valence-electron chi connectivity index (χ3n) is 3.73. The number of benzene rings is 2. The molecular weight excluding hydrogens is 350 g/mol. The summed E-state index contributed by atoms with van der Waals surface area (Å²) in [5.74, 6) is -0.741. The molecule has 27 heavy (non-hydrogen) atoms. The standard InChI is InChI=1S/C20H17NO6/c1-12-4-3-5-14(8-12)19-21-15(20(24)27-19)9-13-6-7-16(17(10-13)25-2)26-11-18(22)23/h3-10H,11H2,1-2H3,(H,22,23). The van der Waals surface area contributed by atoms with Crippen molar-refractivity contribution in [2.75, 3.05) is 13.7 Å². The van der Waals surface area contributed by atoms with Crippen LogP contribution >= 0.6 is 0 Å². The molecule has 7 heteroatoms. The van der Waals surface area contributed by atoms with Gasteiger partial charge in [0.15, 0.2) is 23.8 Å². The highest BCUT2D eigenvalue weighted by Crippen LogP contribution is 2.29. The van der Waals surface area contributed by atoms with Crippen LogP contribution in [-0.4, -0.2) is 36.7 Å². The summed E-state index contributed by atoms with van der Waals surface area (Å²) in [6, 6.07) is 12.4. The number of carboxylic acid groups (broad SMARTS) is 1. The topological polar surface area (TPSA) is 94.4 Å². The molecule has 0 atom stereocenters. The SMILES string of the molecule is COc1cc(C=C2N=C(c3cccc(C)c3)OC2=O)ccc1OCC(=O)O. The average Bonchev–Trinajstić information content (AvgIpc) is 3.01. The zero-order chi connectivity index (χ0) is 19.4. The van der Waals surface area contributed by atoms with E-state index in [-0.39, 0.29) is 11.6 Å². The normalized spacial score (nSPS) is 14.7. The number of aliphatic imine (C=N–C) groups is 1. The monoisotopic (exact) mass is 367 g/mol. The van der Waals surface area contributed by atoms with E-state index in [4.69, 9.17) is 19.3 Å². The number of methoxy groups -OCH3 is 1. The Morgan fingerprint density at radius 2 is 2.04 bits per heavy atom. The maximum Gasteiger partial charge on any atom is 0.363 e. The molecular formula is C20H17NO6. The minimum atomic E-state index is -1.09. The number of cyclic esters (lactones) is 1. The van der Waals surface area contributed by atoms with Crippen molar-refractivity contribution < 1.29 is 28.9 Å². The number of ether oxygens (including phenoxy) is 3. The number of aliphatic carboxylic acids is 1. The molecule has 0 saturated carbocycles. The van der Waals surface area contributed by atoms with Crippen LogP contribution in [0.3, 0.4) is 0 Å². The number of carboxylic acids is 1. The Hall–Kier alpha value is -3.61. The van der Waals surface area contributed by atoms with E-state index >= 15 is 0 Å². The molecule has 7 nitrogen and oxygen atoms in total. The van der Waals surface area contributed by atoms with Crippen molar-refractivity contribution in [3.05, 3.63) is 64.9 Å². The first-order chi connectivity index (χ1) is 13.0. The summed E-state index contributed by atoms with van der Waals surface area (Å²) in [5, 5.41) is 8.71. The minimum Gasteiger partial charge on any atom is -0.493 e. The first kappa shape index (κ1) is 18.2. The molecule has 2 aromatic rings. The Morgan fingerprint density at radius 3 is 2.74 bits per heavy atom. The van der Waals surface area contributed by atoms with E-state index in [1.807, 2.05) is 31.2 Å². The van der Waals surface area contributed by atoms with E-state index in [0.29, 0.717) is 17.1 Å². The molecule has 0 unspecified atom stereocenters. The van der Waals surface area contributed by atoms with Crippen molar-refractivity contribution in [1.82, 2.24) is 0 Å². The molecule has 1 aliphatic rings. The van der Waals surface area contributed by atoms with Gasteiger partial charge in [-0.3, -0.25) is 0 Å². The Bertz CT molecular complexity index is 961. The highest BCUT2D eigenvalue weighted by atomic mass is 16.6. The average molecular weight is 367 g/mol. The third-order valence-corrected chi connectivity index (χ3v) is 3.73. The van der Waals surface area contributed by atoms with E-state index in [2.05, 4.69) is 4.99 Å². The van der Waals surface area contributed by atoms with Crippen LogP contribution in [0.2, 0.25) is 0 Å². The van der Waals surface area contributed by atoms with Gasteiger partial charge in [0.2, 0.25) is 5.90 Å². The molecule has 1 aliphatic heterocycles. The smallest absolute Gasteiger partial charge is 0.363 e. The lowest BCUT2D eigenvalue weighted by molar-refractivity contribution is -0.139. The molecule has 2 aromatic carbocycles. The Labute approximate surface area is 155 Å². The molecule has 0 spiro atoms. The van der Waals surface area contributed by atoms with E-state index in [0.717, 1.165) is 11.1 Å². The minimum absolute atomic E-state index is 0.160. The summed E-state index contributed by atoms with van der Waals surface area (Å²) < 4.78 is 15.6. The second kappa shape index (κ2) is 7.74. The van der Waals surface area contributed by atoms with E-state index in [1.165, 1.54) is 7.11 Å². The summed E-state index contributed by atoms with van der Waals surface area (Å²) in [6.07, 6.45) is 1.56.